The van der Waals surface area contributed by atoms with E-state index in [4.69, 9.17) is 4.74 Å². The zero-order chi connectivity index (χ0) is 14.5. The molecule has 0 bridgehead atoms. The summed E-state index contributed by atoms with van der Waals surface area (Å²) in [6.45, 7) is 2.21. The van der Waals surface area contributed by atoms with Crippen molar-refractivity contribution in [3.63, 3.8) is 0 Å². The van der Waals surface area contributed by atoms with Gasteiger partial charge in [0.1, 0.15) is 12.7 Å². The molecule has 0 aliphatic heterocycles. The molecule has 0 saturated heterocycles. The highest BCUT2D eigenvalue weighted by atomic mass is 19.1. The molecule has 108 valence electrons. The largest absolute Gasteiger partial charge is 0.488 e. The number of aryl methyl sites for hydroxylation is 2. The van der Waals surface area contributed by atoms with E-state index in [1.165, 1.54) is 12.1 Å². The van der Waals surface area contributed by atoms with Crippen LogP contribution in [-0.4, -0.2) is 34.1 Å². The Hall–Kier alpha value is -2.08. The normalized spacial score (nSPS) is 12.2. The summed E-state index contributed by atoms with van der Waals surface area (Å²) >= 11 is 0. The molecule has 0 amide bonds. The second-order valence-corrected chi connectivity index (χ2v) is 4.58. The summed E-state index contributed by atoms with van der Waals surface area (Å²) in [7, 11) is 1.83. The van der Waals surface area contributed by atoms with Gasteiger partial charge in [0.2, 0.25) is 0 Å². The molecule has 0 saturated carbocycles. The van der Waals surface area contributed by atoms with Gasteiger partial charge in [0, 0.05) is 19.8 Å². The molecule has 1 atom stereocenters. The minimum atomic E-state index is -0.741. The molecule has 1 unspecified atom stereocenters. The summed E-state index contributed by atoms with van der Waals surface area (Å²) in [4.78, 5) is 0. The molecule has 2 rings (SSSR count). The molecule has 6 heteroatoms. The maximum Gasteiger partial charge on any atom is 0.165 e. The average Bonchev–Trinajstić information content (AvgIpc) is 2.74. The van der Waals surface area contributed by atoms with Gasteiger partial charge in [-0.2, -0.15) is 5.10 Å². The van der Waals surface area contributed by atoms with Gasteiger partial charge < -0.3 is 15.2 Å². The van der Waals surface area contributed by atoms with Gasteiger partial charge in [-0.25, -0.2) is 4.39 Å². The Balaban J connectivity index is 1.80. The third kappa shape index (κ3) is 3.71. The van der Waals surface area contributed by atoms with Crippen molar-refractivity contribution in [2.24, 2.45) is 7.05 Å². The van der Waals surface area contributed by atoms with Crippen LogP contribution in [0.5, 0.6) is 5.75 Å². The lowest BCUT2D eigenvalue weighted by molar-refractivity contribution is 0.115. The Kier molecular flexibility index (Phi) is 4.57. The molecule has 5 nitrogen and oxygen atoms in total. The van der Waals surface area contributed by atoms with Crippen molar-refractivity contribution in [2.45, 2.75) is 13.0 Å². The summed E-state index contributed by atoms with van der Waals surface area (Å²) in [5, 5.41) is 17.1. The Bertz CT molecular complexity index is 571. The molecule has 1 heterocycles. The van der Waals surface area contributed by atoms with Crippen molar-refractivity contribution in [3.8, 4) is 5.75 Å². The van der Waals surface area contributed by atoms with Gasteiger partial charge in [0.15, 0.2) is 11.6 Å². The molecule has 20 heavy (non-hydrogen) atoms. The van der Waals surface area contributed by atoms with Crippen LogP contribution in [0.4, 0.5) is 10.1 Å². The van der Waals surface area contributed by atoms with E-state index < -0.39 is 11.9 Å². The lowest BCUT2D eigenvalue weighted by Gasteiger charge is -2.13. The summed E-state index contributed by atoms with van der Waals surface area (Å²) in [5.41, 5.74) is 1.71. The van der Waals surface area contributed by atoms with Gasteiger partial charge in [-0.1, -0.05) is 12.1 Å². The molecule has 1 aromatic heterocycles. The number of nitrogens with one attached hydrogen (secondary N) is 1. The van der Waals surface area contributed by atoms with E-state index >= 15 is 0 Å². The summed E-state index contributed by atoms with van der Waals surface area (Å²) in [6.07, 6.45) is 1.09. The first-order valence-corrected chi connectivity index (χ1v) is 6.36. The van der Waals surface area contributed by atoms with Crippen LogP contribution in [0.25, 0.3) is 0 Å². The van der Waals surface area contributed by atoms with Crippen molar-refractivity contribution in [1.82, 2.24) is 9.78 Å². The van der Waals surface area contributed by atoms with E-state index in [9.17, 15) is 9.50 Å². The van der Waals surface area contributed by atoms with Crippen LogP contribution in [-0.2, 0) is 7.05 Å². The quantitative estimate of drug-likeness (QED) is 0.845. The van der Waals surface area contributed by atoms with E-state index in [0.29, 0.717) is 6.54 Å². The van der Waals surface area contributed by atoms with Crippen LogP contribution in [0.1, 0.15) is 5.69 Å². The maximum atomic E-state index is 13.3. The smallest absolute Gasteiger partial charge is 0.165 e. The fourth-order valence-corrected chi connectivity index (χ4v) is 1.81. The Labute approximate surface area is 117 Å². The van der Waals surface area contributed by atoms with E-state index in [0.717, 1.165) is 11.4 Å². The molecule has 1 aromatic carbocycles. The fraction of sp³-hybridized carbons (Fsp3) is 0.357. The molecule has 2 N–H and O–H groups in total. The number of para-hydroxylation sites is 1. The van der Waals surface area contributed by atoms with Gasteiger partial charge in [-0.15, -0.1) is 0 Å². The number of anilines is 1. The van der Waals surface area contributed by atoms with E-state index in [1.807, 2.05) is 20.2 Å². The topological polar surface area (TPSA) is 59.3 Å². The SMILES string of the molecule is Cc1nn(C)cc1NCC(O)COc1ccccc1F. The predicted molar refractivity (Wildman–Crippen MR) is 74.3 cm³/mol. The minimum Gasteiger partial charge on any atom is -0.488 e. The van der Waals surface area contributed by atoms with E-state index in [2.05, 4.69) is 10.4 Å². The number of aliphatic hydroxyl groups is 1. The first-order chi connectivity index (χ1) is 9.56. The lowest BCUT2D eigenvalue weighted by atomic mass is 10.3. The van der Waals surface area contributed by atoms with Crippen molar-refractivity contribution in [3.05, 3.63) is 42.0 Å². The third-order valence-electron chi connectivity index (χ3n) is 2.81. The van der Waals surface area contributed by atoms with Gasteiger partial charge in [0.05, 0.1) is 11.4 Å². The van der Waals surface area contributed by atoms with Crippen molar-refractivity contribution in [1.29, 1.82) is 0 Å². The summed E-state index contributed by atoms with van der Waals surface area (Å²) in [5.74, 6) is -0.292. The average molecular weight is 279 g/mol. The number of halogens is 1. The molecule has 0 aliphatic rings. The monoisotopic (exact) mass is 279 g/mol. The van der Waals surface area contributed by atoms with Crippen molar-refractivity contribution < 1.29 is 14.2 Å². The highest BCUT2D eigenvalue weighted by molar-refractivity contribution is 5.45. The number of rotatable bonds is 6. The Morgan fingerprint density at radius 1 is 1.45 bits per heavy atom. The molecule has 0 fully saturated rings. The first-order valence-electron chi connectivity index (χ1n) is 6.36. The molecule has 0 aliphatic carbocycles. The molecule has 0 radical (unpaired) electrons. The van der Waals surface area contributed by atoms with Crippen LogP contribution in [0, 0.1) is 12.7 Å². The zero-order valence-corrected chi connectivity index (χ0v) is 11.5. The van der Waals surface area contributed by atoms with Gasteiger partial charge in [0.25, 0.3) is 0 Å². The molecule has 2 aromatic rings. The second-order valence-electron chi connectivity index (χ2n) is 4.58. The number of hydrogen-bond donors (Lipinski definition) is 2. The number of nitrogens with zero attached hydrogens (tertiary/aromatic N) is 2. The Morgan fingerprint density at radius 3 is 2.85 bits per heavy atom. The van der Waals surface area contributed by atoms with Gasteiger partial charge in [-0.3, -0.25) is 4.68 Å². The standard InChI is InChI=1S/C14H18FN3O2/c1-10-13(8-18(2)17-10)16-7-11(19)9-20-14-6-4-3-5-12(14)15/h3-6,8,11,16,19H,7,9H2,1-2H3. The predicted octanol–water partition coefficient (Wildman–Crippen LogP) is 1.72. The van der Waals surface area contributed by atoms with Crippen molar-refractivity contribution >= 4 is 5.69 Å². The molecular formula is C14H18FN3O2. The number of aliphatic hydroxyl groups excluding tert-OH is 1. The lowest BCUT2D eigenvalue weighted by Crippen LogP contribution is -2.26. The van der Waals surface area contributed by atoms with Gasteiger partial charge >= 0.3 is 0 Å². The number of benzene rings is 1. The highest BCUT2D eigenvalue weighted by Gasteiger charge is 2.09. The van der Waals surface area contributed by atoms with Crippen LogP contribution in [0.3, 0.4) is 0 Å². The summed E-state index contributed by atoms with van der Waals surface area (Å²) in [6, 6.07) is 6.12. The zero-order valence-electron chi connectivity index (χ0n) is 11.5. The van der Waals surface area contributed by atoms with E-state index in [1.54, 1.807) is 16.8 Å². The van der Waals surface area contributed by atoms with Crippen LogP contribution >= 0.6 is 0 Å². The Morgan fingerprint density at radius 2 is 2.20 bits per heavy atom. The van der Waals surface area contributed by atoms with Gasteiger partial charge in [-0.05, 0) is 19.1 Å². The summed E-state index contributed by atoms with van der Waals surface area (Å²) < 4.78 is 20.2. The second kappa shape index (κ2) is 6.38. The first kappa shape index (κ1) is 14.3. The number of hydrogen-bond acceptors (Lipinski definition) is 4. The van der Waals surface area contributed by atoms with Crippen LogP contribution in [0.15, 0.2) is 30.5 Å². The van der Waals surface area contributed by atoms with Crippen molar-refractivity contribution in [2.75, 3.05) is 18.5 Å². The highest BCUT2D eigenvalue weighted by Crippen LogP contribution is 2.16. The van der Waals surface area contributed by atoms with E-state index in [-0.39, 0.29) is 12.4 Å². The number of ether oxygens (including phenoxy) is 1. The molecule has 0 spiro atoms. The third-order valence-corrected chi connectivity index (χ3v) is 2.81. The minimum absolute atomic E-state index is 0.0211. The fourth-order valence-electron chi connectivity index (χ4n) is 1.81. The van der Waals surface area contributed by atoms with Crippen LogP contribution in [0.2, 0.25) is 0 Å². The number of aromatic nitrogens is 2. The van der Waals surface area contributed by atoms with Crippen LogP contribution < -0.4 is 10.1 Å². The molecular weight excluding hydrogens is 261 g/mol. The maximum absolute atomic E-state index is 13.3.